The van der Waals surface area contributed by atoms with Gasteiger partial charge in [0.25, 0.3) is 0 Å². The average Bonchev–Trinajstić information content (AvgIpc) is 2.67. The van der Waals surface area contributed by atoms with Crippen molar-refractivity contribution in [2.24, 2.45) is 5.92 Å². The molecule has 132 valence electrons. The van der Waals surface area contributed by atoms with Gasteiger partial charge in [-0.15, -0.1) is 0 Å². The molecule has 1 amide bonds. The van der Waals surface area contributed by atoms with Gasteiger partial charge < -0.3 is 15.0 Å². The summed E-state index contributed by atoms with van der Waals surface area (Å²) in [7, 11) is 0. The maximum Gasteiger partial charge on any atom is 0.410 e. The third-order valence-corrected chi connectivity index (χ3v) is 4.56. The van der Waals surface area contributed by atoms with Crippen LogP contribution in [0.2, 0.25) is 0 Å². The number of hydrogen-bond acceptors (Lipinski definition) is 4. The van der Waals surface area contributed by atoms with Crippen molar-refractivity contribution in [2.45, 2.75) is 26.4 Å². The number of nitrogens with one attached hydrogen (secondary N) is 1. The third kappa shape index (κ3) is 5.21. The van der Waals surface area contributed by atoms with Gasteiger partial charge >= 0.3 is 6.09 Å². The normalized spacial score (nSPS) is 15.0. The average molecular weight is 339 g/mol. The Labute approximate surface area is 149 Å². The highest BCUT2D eigenvalue weighted by atomic mass is 16.6. The zero-order valence-corrected chi connectivity index (χ0v) is 14.6. The first-order valence-electron chi connectivity index (χ1n) is 8.83. The van der Waals surface area contributed by atoms with Crippen LogP contribution >= 0.6 is 0 Å². The predicted molar refractivity (Wildman–Crippen MR) is 98.4 cm³/mol. The maximum absolute atomic E-state index is 12.2. The van der Waals surface area contributed by atoms with E-state index in [9.17, 15) is 4.79 Å². The van der Waals surface area contributed by atoms with Crippen LogP contribution in [-0.2, 0) is 11.3 Å². The van der Waals surface area contributed by atoms with Crippen LogP contribution in [0.5, 0.6) is 0 Å². The number of carbonyl (C=O) groups is 1. The molecule has 5 nitrogen and oxygen atoms in total. The van der Waals surface area contributed by atoms with Gasteiger partial charge in [0.05, 0.1) is 0 Å². The highest BCUT2D eigenvalue weighted by Gasteiger charge is 2.23. The second kappa shape index (κ2) is 8.51. The first kappa shape index (κ1) is 17.3. The molecule has 5 heteroatoms. The van der Waals surface area contributed by atoms with Gasteiger partial charge in [-0.2, -0.15) is 0 Å². The molecule has 1 fully saturated rings. The molecule has 25 heavy (non-hydrogen) atoms. The summed E-state index contributed by atoms with van der Waals surface area (Å²) in [6.07, 6.45) is 3.63. The van der Waals surface area contributed by atoms with Crippen LogP contribution in [0.15, 0.2) is 48.7 Å². The summed E-state index contributed by atoms with van der Waals surface area (Å²) in [6, 6.07) is 13.8. The second-order valence-corrected chi connectivity index (χ2v) is 6.57. The molecule has 0 atom stereocenters. The number of amides is 1. The Morgan fingerprint density at radius 3 is 2.64 bits per heavy atom. The summed E-state index contributed by atoms with van der Waals surface area (Å²) < 4.78 is 5.40. The number of carbonyl (C=O) groups excluding carboxylic acids is 1. The molecule has 1 aliphatic heterocycles. The van der Waals surface area contributed by atoms with Crippen LogP contribution < -0.4 is 5.32 Å². The molecular weight excluding hydrogens is 314 g/mol. The topological polar surface area (TPSA) is 54.5 Å². The molecule has 1 saturated heterocycles. The Morgan fingerprint density at radius 1 is 1.20 bits per heavy atom. The van der Waals surface area contributed by atoms with Crippen molar-refractivity contribution in [3.8, 4) is 0 Å². The summed E-state index contributed by atoms with van der Waals surface area (Å²) in [6.45, 7) is 4.76. The number of nitrogens with zero attached hydrogens (tertiary/aromatic N) is 2. The molecule has 0 aliphatic carbocycles. The van der Waals surface area contributed by atoms with Crippen molar-refractivity contribution in [3.63, 3.8) is 0 Å². The molecule has 1 aromatic carbocycles. The van der Waals surface area contributed by atoms with E-state index in [0.29, 0.717) is 12.5 Å². The lowest BCUT2D eigenvalue weighted by Gasteiger charge is -2.31. The molecule has 2 aromatic rings. The van der Waals surface area contributed by atoms with E-state index in [1.54, 1.807) is 0 Å². The number of likely N-dealkylation sites (tertiary alicyclic amines) is 1. The van der Waals surface area contributed by atoms with Crippen LogP contribution in [0, 0.1) is 12.8 Å². The number of piperidine rings is 1. The summed E-state index contributed by atoms with van der Waals surface area (Å²) in [4.78, 5) is 18.3. The minimum absolute atomic E-state index is 0.213. The van der Waals surface area contributed by atoms with E-state index in [0.717, 1.165) is 49.4 Å². The van der Waals surface area contributed by atoms with Crippen molar-refractivity contribution in [2.75, 3.05) is 25.0 Å². The van der Waals surface area contributed by atoms with Crippen molar-refractivity contribution in [1.82, 2.24) is 9.88 Å². The molecule has 2 heterocycles. The second-order valence-electron chi connectivity index (χ2n) is 6.57. The van der Waals surface area contributed by atoms with Crippen LogP contribution in [-0.4, -0.2) is 35.6 Å². The monoisotopic (exact) mass is 339 g/mol. The lowest BCUT2D eigenvalue weighted by molar-refractivity contribution is 0.0832. The van der Waals surface area contributed by atoms with E-state index in [-0.39, 0.29) is 6.09 Å². The van der Waals surface area contributed by atoms with Crippen LogP contribution in [0.1, 0.15) is 24.0 Å². The fourth-order valence-electron chi connectivity index (χ4n) is 2.95. The van der Waals surface area contributed by atoms with Crippen molar-refractivity contribution in [1.29, 1.82) is 0 Å². The molecule has 0 saturated carbocycles. The molecule has 1 N–H and O–H groups in total. The number of ether oxygens (including phenoxy) is 1. The van der Waals surface area contributed by atoms with Crippen LogP contribution in [0.3, 0.4) is 0 Å². The number of aryl methyl sites for hydroxylation is 1. The van der Waals surface area contributed by atoms with E-state index < -0.39 is 0 Å². The number of pyridine rings is 1. The van der Waals surface area contributed by atoms with Gasteiger partial charge in [-0.05, 0) is 42.9 Å². The van der Waals surface area contributed by atoms with Gasteiger partial charge in [-0.1, -0.05) is 36.4 Å². The standard InChI is InChI=1S/C20H25N3O2/c1-16-7-8-19(21-13-16)22-14-17-9-11-23(12-10-17)20(24)25-15-18-5-3-2-4-6-18/h2-8,13,17H,9-12,14-15H2,1H3,(H,21,22). The number of benzene rings is 1. The first-order chi connectivity index (χ1) is 12.2. The number of hydrogen-bond donors (Lipinski definition) is 1. The Bertz CT molecular complexity index is 665. The van der Waals surface area contributed by atoms with E-state index in [1.807, 2.05) is 54.4 Å². The summed E-state index contributed by atoms with van der Waals surface area (Å²) in [5, 5.41) is 3.39. The van der Waals surface area contributed by atoms with Crippen LogP contribution in [0.4, 0.5) is 10.6 Å². The SMILES string of the molecule is Cc1ccc(NCC2CCN(C(=O)OCc3ccccc3)CC2)nc1. The molecular formula is C20H25N3O2. The van der Waals surface area contributed by atoms with Crippen molar-refractivity contribution < 1.29 is 9.53 Å². The first-order valence-corrected chi connectivity index (χ1v) is 8.83. The van der Waals surface area contributed by atoms with Crippen LogP contribution in [0.25, 0.3) is 0 Å². The van der Waals surface area contributed by atoms with Gasteiger partial charge in [0, 0.05) is 25.8 Å². The fraction of sp³-hybridized carbons (Fsp3) is 0.400. The van der Waals surface area contributed by atoms with Crippen molar-refractivity contribution >= 4 is 11.9 Å². The summed E-state index contributed by atoms with van der Waals surface area (Å²) in [5.74, 6) is 1.47. The van der Waals surface area contributed by atoms with Crippen molar-refractivity contribution in [3.05, 3.63) is 59.8 Å². The highest BCUT2D eigenvalue weighted by Crippen LogP contribution is 2.19. The minimum atomic E-state index is -0.213. The number of rotatable bonds is 5. The fourth-order valence-corrected chi connectivity index (χ4v) is 2.95. The van der Waals surface area contributed by atoms with E-state index >= 15 is 0 Å². The largest absolute Gasteiger partial charge is 0.445 e. The minimum Gasteiger partial charge on any atom is -0.445 e. The molecule has 0 spiro atoms. The molecule has 3 rings (SSSR count). The van der Waals surface area contributed by atoms with E-state index in [4.69, 9.17) is 4.74 Å². The number of aromatic nitrogens is 1. The van der Waals surface area contributed by atoms with Gasteiger partial charge in [0.2, 0.25) is 0 Å². The smallest absolute Gasteiger partial charge is 0.410 e. The van der Waals surface area contributed by atoms with E-state index in [2.05, 4.69) is 16.4 Å². The maximum atomic E-state index is 12.2. The zero-order valence-electron chi connectivity index (χ0n) is 14.6. The van der Waals surface area contributed by atoms with E-state index in [1.165, 1.54) is 0 Å². The third-order valence-electron chi connectivity index (χ3n) is 4.56. The Balaban J connectivity index is 1.37. The zero-order chi connectivity index (χ0) is 17.5. The molecule has 1 aliphatic rings. The molecule has 0 radical (unpaired) electrons. The Morgan fingerprint density at radius 2 is 1.96 bits per heavy atom. The Kier molecular flexibility index (Phi) is 5.88. The lowest BCUT2D eigenvalue weighted by Crippen LogP contribution is -2.40. The summed E-state index contributed by atoms with van der Waals surface area (Å²) in [5.41, 5.74) is 2.17. The quantitative estimate of drug-likeness (QED) is 0.899. The van der Waals surface area contributed by atoms with Gasteiger partial charge in [0.1, 0.15) is 12.4 Å². The highest BCUT2D eigenvalue weighted by molar-refractivity contribution is 5.67. The molecule has 0 bridgehead atoms. The predicted octanol–water partition coefficient (Wildman–Crippen LogP) is 3.85. The van der Waals surface area contributed by atoms with Gasteiger partial charge in [-0.3, -0.25) is 0 Å². The molecule has 1 aromatic heterocycles. The van der Waals surface area contributed by atoms with Gasteiger partial charge in [-0.25, -0.2) is 9.78 Å². The lowest BCUT2D eigenvalue weighted by atomic mass is 9.97. The Hall–Kier alpha value is -2.56. The summed E-state index contributed by atoms with van der Waals surface area (Å²) >= 11 is 0. The molecule has 0 unspecified atom stereocenters. The van der Waals surface area contributed by atoms with Gasteiger partial charge in [0.15, 0.2) is 0 Å². The number of anilines is 1.